The topological polar surface area (TPSA) is 119 Å². The number of ether oxygens (including phenoxy) is 1. The van der Waals surface area contributed by atoms with E-state index in [2.05, 4.69) is 26.9 Å². The normalized spacial score (nSPS) is 20.7. The lowest BCUT2D eigenvalue weighted by atomic mass is 9.77. The van der Waals surface area contributed by atoms with E-state index in [1.807, 2.05) is 6.07 Å². The molecular formula is C20H21ClN8O. The zero-order valence-electron chi connectivity index (χ0n) is 16.5. The standard InChI is InChI=1S/C20H21ClN8O/c1-12-7-20(11-30-12)2-4-28(5-3-20)17-10-24-19-14(27-17)9-25-29(19)15-6-16(23)26-13(8-22)18(15)21/h6,9-10,12H,2-5,7,11H2,1H3,(H2,23,26)/t12-/m0/s1. The highest BCUT2D eigenvalue weighted by atomic mass is 35.5. The summed E-state index contributed by atoms with van der Waals surface area (Å²) in [5.41, 5.74) is 7.83. The van der Waals surface area contributed by atoms with E-state index in [0.29, 0.717) is 28.4 Å². The number of anilines is 2. The first kappa shape index (κ1) is 19.0. The maximum absolute atomic E-state index is 9.23. The maximum Gasteiger partial charge on any atom is 0.181 e. The van der Waals surface area contributed by atoms with Gasteiger partial charge in [-0.3, -0.25) is 0 Å². The van der Waals surface area contributed by atoms with Gasteiger partial charge in [0.15, 0.2) is 11.3 Å². The Bertz CT molecular complexity index is 1160. The largest absolute Gasteiger partial charge is 0.384 e. The lowest BCUT2D eigenvalue weighted by Crippen LogP contribution is -2.41. The predicted octanol–water partition coefficient (Wildman–Crippen LogP) is 2.71. The molecule has 2 aliphatic rings. The van der Waals surface area contributed by atoms with Crippen LogP contribution in [0, 0.1) is 16.7 Å². The molecule has 5 heterocycles. The van der Waals surface area contributed by atoms with Crippen LogP contribution in [0.4, 0.5) is 11.6 Å². The van der Waals surface area contributed by atoms with Gasteiger partial charge >= 0.3 is 0 Å². The van der Waals surface area contributed by atoms with Crippen molar-refractivity contribution in [3.05, 3.63) is 29.2 Å². The number of nitriles is 1. The average Bonchev–Trinajstić information content (AvgIpc) is 3.33. The van der Waals surface area contributed by atoms with E-state index in [1.54, 1.807) is 18.5 Å². The number of nitrogen functional groups attached to an aromatic ring is 1. The molecule has 10 heteroatoms. The van der Waals surface area contributed by atoms with Crippen molar-refractivity contribution >= 4 is 34.4 Å². The van der Waals surface area contributed by atoms with Crippen LogP contribution in [0.15, 0.2) is 18.5 Å². The van der Waals surface area contributed by atoms with Crippen molar-refractivity contribution < 1.29 is 4.74 Å². The van der Waals surface area contributed by atoms with Crippen molar-refractivity contribution in [1.29, 1.82) is 5.26 Å². The molecule has 0 saturated carbocycles. The van der Waals surface area contributed by atoms with Crippen molar-refractivity contribution in [2.24, 2.45) is 5.41 Å². The molecule has 5 rings (SSSR count). The van der Waals surface area contributed by atoms with Gasteiger partial charge in [-0.15, -0.1) is 0 Å². The number of pyridine rings is 1. The lowest BCUT2D eigenvalue weighted by Gasteiger charge is -2.38. The van der Waals surface area contributed by atoms with Crippen LogP contribution in [0.25, 0.3) is 16.9 Å². The van der Waals surface area contributed by atoms with E-state index in [1.165, 1.54) is 4.68 Å². The first-order chi connectivity index (χ1) is 14.5. The number of aromatic nitrogens is 5. The molecule has 2 saturated heterocycles. The number of halogens is 1. The molecule has 3 aromatic rings. The summed E-state index contributed by atoms with van der Waals surface area (Å²) in [5, 5.41) is 13.8. The zero-order chi connectivity index (χ0) is 20.9. The average molecular weight is 425 g/mol. The summed E-state index contributed by atoms with van der Waals surface area (Å²) < 4.78 is 7.36. The van der Waals surface area contributed by atoms with Gasteiger partial charge in [0.1, 0.15) is 28.2 Å². The number of fused-ring (bicyclic) bond motifs is 1. The number of nitrogens with zero attached hydrogens (tertiary/aromatic N) is 7. The second-order valence-electron chi connectivity index (χ2n) is 8.15. The van der Waals surface area contributed by atoms with Crippen LogP contribution in [0.5, 0.6) is 0 Å². The molecule has 2 N–H and O–H groups in total. The third-order valence-electron chi connectivity index (χ3n) is 6.10. The quantitative estimate of drug-likeness (QED) is 0.666. The lowest BCUT2D eigenvalue weighted by molar-refractivity contribution is 0.0976. The van der Waals surface area contributed by atoms with Crippen molar-refractivity contribution in [3.63, 3.8) is 0 Å². The first-order valence-corrected chi connectivity index (χ1v) is 10.3. The molecule has 154 valence electrons. The van der Waals surface area contributed by atoms with Crippen LogP contribution in [0.3, 0.4) is 0 Å². The molecule has 2 aliphatic heterocycles. The monoisotopic (exact) mass is 424 g/mol. The highest BCUT2D eigenvalue weighted by Crippen LogP contribution is 2.42. The van der Waals surface area contributed by atoms with E-state index in [-0.39, 0.29) is 16.5 Å². The molecule has 0 aliphatic carbocycles. The number of nitrogens with two attached hydrogens (primary N) is 1. The van der Waals surface area contributed by atoms with Gasteiger partial charge < -0.3 is 15.4 Å². The van der Waals surface area contributed by atoms with E-state index < -0.39 is 0 Å². The van der Waals surface area contributed by atoms with Gasteiger partial charge in [0.2, 0.25) is 0 Å². The number of hydrogen-bond acceptors (Lipinski definition) is 8. The summed E-state index contributed by atoms with van der Waals surface area (Å²) in [7, 11) is 0. The Morgan fingerprint density at radius 1 is 1.30 bits per heavy atom. The van der Waals surface area contributed by atoms with Crippen LogP contribution >= 0.6 is 11.6 Å². The molecule has 3 aromatic heterocycles. The highest BCUT2D eigenvalue weighted by molar-refractivity contribution is 6.33. The van der Waals surface area contributed by atoms with Gasteiger partial charge in [0.25, 0.3) is 0 Å². The van der Waals surface area contributed by atoms with Crippen molar-refractivity contribution in [3.8, 4) is 11.8 Å². The van der Waals surface area contributed by atoms with Crippen molar-refractivity contribution in [2.75, 3.05) is 30.3 Å². The number of rotatable bonds is 2. The summed E-state index contributed by atoms with van der Waals surface area (Å²) >= 11 is 6.33. The summed E-state index contributed by atoms with van der Waals surface area (Å²) in [6.07, 6.45) is 7.09. The fourth-order valence-corrected chi connectivity index (χ4v) is 4.72. The van der Waals surface area contributed by atoms with E-state index >= 15 is 0 Å². The number of piperidine rings is 1. The van der Waals surface area contributed by atoms with E-state index in [9.17, 15) is 5.26 Å². The molecule has 0 unspecified atom stereocenters. The molecule has 0 bridgehead atoms. The van der Waals surface area contributed by atoms with Gasteiger partial charge in [-0.05, 0) is 31.6 Å². The van der Waals surface area contributed by atoms with Gasteiger partial charge in [0, 0.05) is 19.2 Å². The third kappa shape index (κ3) is 3.13. The summed E-state index contributed by atoms with van der Waals surface area (Å²) in [5.74, 6) is 1.02. The minimum Gasteiger partial charge on any atom is -0.384 e. The summed E-state index contributed by atoms with van der Waals surface area (Å²) in [6.45, 7) is 4.88. The van der Waals surface area contributed by atoms with Gasteiger partial charge in [0.05, 0.1) is 30.8 Å². The molecular weight excluding hydrogens is 404 g/mol. The first-order valence-electron chi connectivity index (χ1n) is 9.92. The Kier molecular flexibility index (Phi) is 4.49. The molecule has 0 aromatic carbocycles. The Hall–Kier alpha value is -2.96. The highest BCUT2D eigenvalue weighted by Gasteiger charge is 2.41. The SMILES string of the molecule is C[C@H]1CC2(CCN(c3cnc4c(cnn4-c4cc(N)nc(C#N)c4Cl)n3)CC2)CO1. The molecule has 30 heavy (non-hydrogen) atoms. The molecule has 1 atom stereocenters. The molecule has 2 fully saturated rings. The second kappa shape index (κ2) is 7.07. The third-order valence-corrected chi connectivity index (χ3v) is 6.47. The van der Waals surface area contributed by atoms with Crippen LogP contribution in [-0.2, 0) is 4.74 Å². The Morgan fingerprint density at radius 2 is 2.10 bits per heavy atom. The molecule has 0 amide bonds. The van der Waals surface area contributed by atoms with Gasteiger partial charge in [-0.1, -0.05) is 11.6 Å². The smallest absolute Gasteiger partial charge is 0.181 e. The van der Waals surface area contributed by atoms with E-state index in [4.69, 9.17) is 27.1 Å². The van der Waals surface area contributed by atoms with Gasteiger partial charge in [-0.25, -0.2) is 19.6 Å². The fourth-order valence-electron chi connectivity index (χ4n) is 4.50. The Morgan fingerprint density at radius 3 is 2.80 bits per heavy atom. The minimum atomic E-state index is 0.0485. The predicted molar refractivity (Wildman–Crippen MR) is 113 cm³/mol. The minimum absolute atomic E-state index is 0.0485. The van der Waals surface area contributed by atoms with Crippen LogP contribution in [0.1, 0.15) is 31.9 Å². The second-order valence-corrected chi connectivity index (χ2v) is 8.52. The van der Waals surface area contributed by atoms with Crippen LogP contribution in [-0.4, -0.2) is 50.5 Å². The summed E-state index contributed by atoms with van der Waals surface area (Å²) in [6, 6.07) is 3.52. The molecule has 9 nitrogen and oxygen atoms in total. The van der Waals surface area contributed by atoms with Crippen molar-refractivity contribution in [1.82, 2.24) is 24.7 Å². The van der Waals surface area contributed by atoms with Crippen LogP contribution in [0.2, 0.25) is 5.02 Å². The van der Waals surface area contributed by atoms with Crippen LogP contribution < -0.4 is 10.6 Å². The van der Waals surface area contributed by atoms with E-state index in [0.717, 1.165) is 44.8 Å². The van der Waals surface area contributed by atoms with Gasteiger partial charge in [-0.2, -0.15) is 10.4 Å². The molecule has 0 radical (unpaired) electrons. The molecule has 1 spiro atoms. The maximum atomic E-state index is 9.23. The Balaban J connectivity index is 1.43. The summed E-state index contributed by atoms with van der Waals surface area (Å²) in [4.78, 5) is 15.6. The number of hydrogen-bond donors (Lipinski definition) is 1. The zero-order valence-corrected chi connectivity index (χ0v) is 17.3. The van der Waals surface area contributed by atoms with Crippen molar-refractivity contribution in [2.45, 2.75) is 32.3 Å². The Labute approximate surface area is 178 Å². The fraction of sp³-hybridized carbons (Fsp3) is 0.450.